The van der Waals surface area contributed by atoms with Crippen LogP contribution in [0.5, 0.6) is 0 Å². The van der Waals surface area contributed by atoms with Crippen LogP contribution in [0.4, 0.5) is 0 Å². The Morgan fingerprint density at radius 3 is 2.15 bits per heavy atom. The highest BCUT2D eigenvalue weighted by Crippen LogP contribution is 1.94. The fraction of sp³-hybridized carbons (Fsp3) is 0.750. The second kappa shape index (κ2) is 6.56. The van der Waals surface area contributed by atoms with Gasteiger partial charge in [-0.2, -0.15) is 0 Å². The molecule has 0 spiro atoms. The van der Waals surface area contributed by atoms with Crippen molar-refractivity contribution >= 4 is 11.8 Å². The van der Waals surface area contributed by atoms with Crippen molar-refractivity contribution in [2.45, 2.75) is 19.6 Å². The quantitative estimate of drug-likeness (QED) is 0.338. The van der Waals surface area contributed by atoms with Gasteiger partial charge in [0.15, 0.2) is 6.29 Å². The third kappa shape index (κ3) is 6.24. The van der Waals surface area contributed by atoms with Gasteiger partial charge >= 0.3 is 5.97 Å². The number of ketones is 1. The Kier molecular flexibility index (Phi) is 6.09. The van der Waals surface area contributed by atoms with Gasteiger partial charge in [-0.3, -0.25) is 9.59 Å². The number of Topliss-reactive ketones (excluding diaryl/α,β-unsaturated/α-hetero) is 1. The number of rotatable bonds is 6. The van der Waals surface area contributed by atoms with E-state index in [-0.39, 0.29) is 18.8 Å². The largest absolute Gasteiger partial charge is 0.460 e. The van der Waals surface area contributed by atoms with E-state index in [0.717, 1.165) is 0 Å². The third-order valence-electron chi connectivity index (χ3n) is 1.30. The zero-order valence-electron chi connectivity index (χ0n) is 8.03. The summed E-state index contributed by atoms with van der Waals surface area (Å²) in [6, 6.07) is 0. The maximum atomic E-state index is 10.8. The molecule has 5 heteroatoms. The molecule has 0 saturated heterocycles. The fourth-order valence-corrected chi connectivity index (χ4v) is 0.648. The van der Waals surface area contributed by atoms with Crippen LogP contribution in [-0.2, 0) is 23.8 Å². The van der Waals surface area contributed by atoms with E-state index in [1.165, 1.54) is 21.1 Å². The standard InChI is InChI=1S/C8H14O5/c1-6(9)4-7(10)13-5-8(11-2)12-3/h8H,4-5H2,1-3H3. The van der Waals surface area contributed by atoms with E-state index in [9.17, 15) is 9.59 Å². The summed E-state index contributed by atoms with van der Waals surface area (Å²) in [5.74, 6) is -0.789. The minimum atomic E-state index is -0.573. The highest BCUT2D eigenvalue weighted by molar-refractivity contribution is 5.94. The lowest BCUT2D eigenvalue weighted by Crippen LogP contribution is -2.23. The van der Waals surface area contributed by atoms with Gasteiger partial charge in [-0.15, -0.1) is 0 Å². The van der Waals surface area contributed by atoms with Crippen LogP contribution in [0.1, 0.15) is 13.3 Å². The predicted molar refractivity (Wildman–Crippen MR) is 44.1 cm³/mol. The number of hydrogen-bond donors (Lipinski definition) is 0. The molecular weight excluding hydrogens is 176 g/mol. The van der Waals surface area contributed by atoms with E-state index in [1.807, 2.05) is 0 Å². The van der Waals surface area contributed by atoms with Crippen molar-refractivity contribution in [1.82, 2.24) is 0 Å². The average Bonchev–Trinajstić information content (AvgIpc) is 2.05. The van der Waals surface area contributed by atoms with Gasteiger partial charge in [0.05, 0.1) is 0 Å². The third-order valence-corrected chi connectivity index (χ3v) is 1.30. The van der Waals surface area contributed by atoms with Crippen LogP contribution < -0.4 is 0 Å². The number of ether oxygens (including phenoxy) is 3. The number of hydrogen-bond acceptors (Lipinski definition) is 5. The Bertz CT molecular complexity index is 173. The summed E-state index contributed by atoms with van der Waals surface area (Å²) >= 11 is 0. The molecule has 0 rings (SSSR count). The molecular formula is C8H14O5. The summed E-state index contributed by atoms with van der Waals surface area (Å²) in [6.07, 6.45) is -0.781. The van der Waals surface area contributed by atoms with E-state index >= 15 is 0 Å². The van der Waals surface area contributed by atoms with Crippen LogP contribution in [0.3, 0.4) is 0 Å². The van der Waals surface area contributed by atoms with Gasteiger partial charge in [0.25, 0.3) is 0 Å². The van der Waals surface area contributed by atoms with Crippen molar-refractivity contribution in [3.63, 3.8) is 0 Å². The van der Waals surface area contributed by atoms with Crippen LogP contribution >= 0.6 is 0 Å². The molecule has 0 aliphatic rings. The summed E-state index contributed by atoms with van der Waals surface area (Å²) in [7, 11) is 2.87. The van der Waals surface area contributed by atoms with Gasteiger partial charge in [0.2, 0.25) is 0 Å². The average molecular weight is 190 g/mol. The van der Waals surface area contributed by atoms with E-state index in [2.05, 4.69) is 4.74 Å². The maximum Gasteiger partial charge on any atom is 0.313 e. The SMILES string of the molecule is COC(COC(=O)CC(C)=O)OC. The van der Waals surface area contributed by atoms with Gasteiger partial charge in [-0.05, 0) is 6.92 Å². The molecule has 0 N–H and O–H groups in total. The summed E-state index contributed by atoms with van der Waals surface area (Å²) in [5, 5.41) is 0. The van der Waals surface area contributed by atoms with Gasteiger partial charge in [0.1, 0.15) is 18.8 Å². The summed E-state index contributed by atoms with van der Waals surface area (Å²) in [6.45, 7) is 1.32. The van der Waals surface area contributed by atoms with Crippen molar-refractivity contribution in [2.75, 3.05) is 20.8 Å². The monoisotopic (exact) mass is 190 g/mol. The van der Waals surface area contributed by atoms with Crippen molar-refractivity contribution in [1.29, 1.82) is 0 Å². The topological polar surface area (TPSA) is 61.8 Å². The zero-order chi connectivity index (χ0) is 10.3. The molecule has 0 aromatic heterocycles. The lowest BCUT2D eigenvalue weighted by molar-refractivity contribution is -0.167. The molecule has 0 unspecified atom stereocenters. The lowest BCUT2D eigenvalue weighted by Gasteiger charge is -2.12. The van der Waals surface area contributed by atoms with Crippen LogP contribution in [-0.4, -0.2) is 38.9 Å². The molecule has 0 aromatic rings. The molecule has 0 radical (unpaired) electrons. The maximum absolute atomic E-state index is 10.8. The second-order valence-electron chi connectivity index (χ2n) is 2.46. The van der Waals surface area contributed by atoms with E-state index < -0.39 is 12.3 Å². The van der Waals surface area contributed by atoms with Gasteiger partial charge in [0, 0.05) is 14.2 Å². The van der Waals surface area contributed by atoms with Crippen LogP contribution in [0.15, 0.2) is 0 Å². The molecule has 0 amide bonds. The first-order chi connectivity index (χ1) is 6.10. The Labute approximate surface area is 77.0 Å². The minimum absolute atomic E-state index is 0.000880. The molecule has 0 fully saturated rings. The molecule has 76 valence electrons. The highest BCUT2D eigenvalue weighted by atomic mass is 16.7. The van der Waals surface area contributed by atoms with Crippen LogP contribution in [0.2, 0.25) is 0 Å². The molecule has 5 nitrogen and oxygen atoms in total. The molecule has 0 aromatic carbocycles. The summed E-state index contributed by atoms with van der Waals surface area (Å²) in [5.41, 5.74) is 0. The summed E-state index contributed by atoms with van der Waals surface area (Å²) < 4.78 is 14.2. The van der Waals surface area contributed by atoms with E-state index in [1.54, 1.807) is 0 Å². The fourth-order valence-electron chi connectivity index (χ4n) is 0.648. The predicted octanol–water partition coefficient (Wildman–Crippen LogP) is 0.128. The Hall–Kier alpha value is -0.940. The van der Waals surface area contributed by atoms with Crippen LogP contribution in [0.25, 0.3) is 0 Å². The van der Waals surface area contributed by atoms with Gasteiger partial charge in [-0.25, -0.2) is 0 Å². The van der Waals surface area contributed by atoms with Gasteiger partial charge in [-0.1, -0.05) is 0 Å². The first-order valence-electron chi connectivity index (χ1n) is 3.80. The Morgan fingerprint density at radius 2 is 1.77 bits per heavy atom. The van der Waals surface area contributed by atoms with E-state index in [0.29, 0.717) is 0 Å². The molecule has 0 aliphatic carbocycles. The van der Waals surface area contributed by atoms with Crippen molar-refractivity contribution in [3.8, 4) is 0 Å². The Morgan fingerprint density at radius 1 is 1.23 bits per heavy atom. The van der Waals surface area contributed by atoms with Crippen LogP contribution in [0, 0.1) is 0 Å². The molecule has 0 aliphatic heterocycles. The minimum Gasteiger partial charge on any atom is -0.460 e. The van der Waals surface area contributed by atoms with E-state index in [4.69, 9.17) is 9.47 Å². The molecule has 0 atom stereocenters. The zero-order valence-corrected chi connectivity index (χ0v) is 8.03. The first kappa shape index (κ1) is 12.1. The first-order valence-corrected chi connectivity index (χ1v) is 3.80. The number of carbonyl (C=O) groups is 2. The van der Waals surface area contributed by atoms with Crippen molar-refractivity contribution in [2.24, 2.45) is 0 Å². The second-order valence-corrected chi connectivity index (χ2v) is 2.46. The number of carbonyl (C=O) groups excluding carboxylic acids is 2. The smallest absolute Gasteiger partial charge is 0.313 e. The molecule has 0 heterocycles. The normalized spacial score (nSPS) is 10.2. The molecule has 0 bridgehead atoms. The number of methoxy groups -OCH3 is 2. The molecule has 0 saturated carbocycles. The summed E-state index contributed by atoms with van der Waals surface area (Å²) in [4.78, 5) is 21.3. The van der Waals surface area contributed by atoms with Gasteiger partial charge < -0.3 is 14.2 Å². The lowest BCUT2D eigenvalue weighted by atomic mass is 10.3. The Balaban J connectivity index is 3.62. The number of esters is 1. The molecule has 13 heavy (non-hydrogen) atoms. The highest BCUT2D eigenvalue weighted by Gasteiger charge is 2.10. The van der Waals surface area contributed by atoms with Crippen molar-refractivity contribution in [3.05, 3.63) is 0 Å². The van der Waals surface area contributed by atoms with Crippen molar-refractivity contribution < 1.29 is 23.8 Å².